The highest BCUT2D eigenvalue weighted by molar-refractivity contribution is 6.03. The Morgan fingerprint density at radius 3 is 2.27 bits per heavy atom. The normalized spacial score (nSPS) is 17.6. The van der Waals surface area contributed by atoms with E-state index in [1.807, 2.05) is 6.92 Å². The molecule has 0 saturated carbocycles. The molecule has 0 spiro atoms. The zero-order chi connectivity index (χ0) is 31.2. The molecule has 0 amide bonds. The molecule has 2 aliphatic heterocycles. The standard InChI is InChI=1S/C40H47N2O2/c1-6-44-38(43)28-14-9-19-29-41-34-24-17-15-22-32(34)39(2,3)36(41)26-12-8-13-27-37-40(4,5)33-23-16-18-25-35(33)42(37)30-31-20-10-7-11-21-31/h7-8,10-13,15-18,20-27H,6,9,14,19,28-30H2,1-5H3/q+1. The molecule has 0 fully saturated rings. The first kappa shape index (κ1) is 31.3. The van der Waals surface area contributed by atoms with Gasteiger partial charge in [-0.2, -0.15) is 4.58 Å². The fourth-order valence-corrected chi connectivity index (χ4v) is 6.77. The maximum Gasteiger partial charge on any atom is 0.305 e. The van der Waals surface area contributed by atoms with Gasteiger partial charge in [0.1, 0.15) is 0 Å². The molecule has 0 aromatic heterocycles. The van der Waals surface area contributed by atoms with Gasteiger partial charge in [0, 0.05) is 53.0 Å². The Kier molecular flexibility index (Phi) is 9.68. The van der Waals surface area contributed by atoms with Crippen LogP contribution in [0.4, 0.5) is 11.4 Å². The molecule has 0 atom stereocenters. The minimum absolute atomic E-state index is 0.0899. The van der Waals surface area contributed by atoms with Crippen LogP contribution >= 0.6 is 0 Å². The Hall–Kier alpha value is -4.18. The summed E-state index contributed by atoms with van der Waals surface area (Å²) in [6.45, 7) is 13.4. The third kappa shape index (κ3) is 6.50. The third-order valence-corrected chi connectivity index (χ3v) is 9.08. The Labute approximate surface area is 264 Å². The zero-order valence-corrected chi connectivity index (χ0v) is 27.1. The fraction of sp³-hybridized carbons (Fsp3) is 0.350. The number of ether oxygens (including phenoxy) is 1. The van der Waals surface area contributed by atoms with Crippen molar-refractivity contribution in [1.29, 1.82) is 0 Å². The van der Waals surface area contributed by atoms with E-state index in [0.29, 0.717) is 13.0 Å². The number of nitrogens with zero attached hydrogens (tertiary/aromatic N) is 2. The highest BCUT2D eigenvalue weighted by atomic mass is 16.5. The number of esters is 1. The van der Waals surface area contributed by atoms with Crippen molar-refractivity contribution in [3.8, 4) is 0 Å². The van der Waals surface area contributed by atoms with Gasteiger partial charge in [0.05, 0.1) is 12.0 Å². The number of benzene rings is 3. The van der Waals surface area contributed by atoms with Gasteiger partial charge < -0.3 is 9.64 Å². The molecule has 4 heteroatoms. The van der Waals surface area contributed by atoms with Crippen molar-refractivity contribution in [2.45, 2.75) is 77.7 Å². The number of carbonyl (C=O) groups is 1. The topological polar surface area (TPSA) is 32.5 Å². The molecule has 3 aromatic carbocycles. The van der Waals surface area contributed by atoms with Gasteiger partial charge >= 0.3 is 5.97 Å². The number of fused-ring (bicyclic) bond motifs is 2. The first-order valence-electron chi connectivity index (χ1n) is 16.1. The van der Waals surface area contributed by atoms with Crippen LogP contribution in [0.15, 0.2) is 115 Å². The minimum Gasteiger partial charge on any atom is -0.466 e. The summed E-state index contributed by atoms with van der Waals surface area (Å²) in [5.41, 5.74) is 9.03. The maximum absolute atomic E-state index is 11.8. The van der Waals surface area contributed by atoms with Crippen molar-refractivity contribution in [2.75, 3.05) is 18.1 Å². The largest absolute Gasteiger partial charge is 0.466 e. The second-order valence-corrected chi connectivity index (χ2v) is 12.8. The average molecular weight is 588 g/mol. The molecule has 228 valence electrons. The Bertz CT molecular complexity index is 1590. The number of para-hydroxylation sites is 2. The second kappa shape index (κ2) is 13.6. The molecule has 0 unspecified atom stereocenters. The van der Waals surface area contributed by atoms with Crippen LogP contribution in [-0.2, 0) is 26.9 Å². The molecule has 4 nitrogen and oxygen atoms in total. The van der Waals surface area contributed by atoms with Crippen LogP contribution in [0, 0.1) is 0 Å². The van der Waals surface area contributed by atoms with Gasteiger partial charge in [-0.25, -0.2) is 0 Å². The van der Waals surface area contributed by atoms with Gasteiger partial charge in [0.2, 0.25) is 5.69 Å². The molecule has 44 heavy (non-hydrogen) atoms. The molecule has 0 saturated heterocycles. The smallest absolute Gasteiger partial charge is 0.305 e. The molecule has 2 aliphatic rings. The van der Waals surface area contributed by atoms with Crippen LogP contribution in [-0.4, -0.2) is 29.4 Å². The quantitative estimate of drug-likeness (QED) is 0.0917. The summed E-state index contributed by atoms with van der Waals surface area (Å²) in [7, 11) is 0. The summed E-state index contributed by atoms with van der Waals surface area (Å²) < 4.78 is 7.56. The van der Waals surface area contributed by atoms with E-state index in [1.54, 1.807) is 0 Å². The minimum atomic E-state index is -0.0925. The van der Waals surface area contributed by atoms with E-state index in [9.17, 15) is 4.79 Å². The van der Waals surface area contributed by atoms with Crippen molar-refractivity contribution in [2.24, 2.45) is 0 Å². The highest BCUT2D eigenvalue weighted by Gasteiger charge is 2.44. The summed E-state index contributed by atoms with van der Waals surface area (Å²) >= 11 is 0. The fourth-order valence-electron chi connectivity index (χ4n) is 6.77. The lowest BCUT2D eigenvalue weighted by atomic mass is 9.81. The van der Waals surface area contributed by atoms with Gasteiger partial charge in [0.15, 0.2) is 12.3 Å². The zero-order valence-electron chi connectivity index (χ0n) is 27.1. The molecule has 3 aromatic rings. The van der Waals surface area contributed by atoms with E-state index in [4.69, 9.17) is 4.74 Å². The van der Waals surface area contributed by atoms with E-state index in [1.165, 1.54) is 39.5 Å². The van der Waals surface area contributed by atoms with Crippen molar-refractivity contribution in [3.05, 3.63) is 132 Å². The van der Waals surface area contributed by atoms with Crippen molar-refractivity contribution in [1.82, 2.24) is 0 Å². The highest BCUT2D eigenvalue weighted by Crippen LogP contribution is 2.47. The summed E-state index contributed by atoms with van der Waals surface area (Å²) in [4.78, 5) is 14.2. The summed E-state index contributed by atoms with van der Waals surface area (Å²) in [5.74, 6) is -0.0925. The van der Waals surface area contributed by atoms with Crippen LogP contribution in [0.25, 0.3) is 0 Å². The van der Waals surface area contributed by atoms with E-state index >= 15 is 0 Å². The average Bonchev–Trinajstić information content (AvgIpc) is 3.36. The van der Waals surface area contributed by atoms with Crippen LogP contribution < -0.4 is 4.90 Å². The van der Waals surface area contributed by atoms with E-state index < -0.39 is 0 Å². The predicted molar refractivity (Wildman–Crippen MR) is 183 cm³/mol. The van der Waals surface area contributed by atoms with Crippen LogP contribution in [0.5, 0.6) is 0 Å². The number of unbranched alkanes of at least 4 members (excludes halogenated alkanes) is 2. The summed E-state index contributed by atoms with van der Waals surface area (Å²) in [5, 5.41) is 0. The predicted octanol–water partition coefficient (Wildman–Crippen LogP) is 9.18. The molecule has 0 aliphatic carbocycles. The Balaban J connectivity index is 1.35. The second-order valence-electron chi connectivity index (χ2n) is 12.8. The van der Waals surface area contributed by atoms with Crippen LogP contribution in [0.2, 0.25) is 0 Å². The summed E-state index contributed by atoms with van der Waals surface area (Å²) in [6, 6.07) is 28.3. The molecule has 0 radical (unpaired) electrons. The molecule has 0 N–H and O–H groups in total. The first-order valence-corrected chi connectivity index (χ1v) is 16.1. The van der Waals surface area contributed by atoms with Crippen LogP contribution in [0.3, 0.4) is 0 Å². The number of anilines is 1. The monoisotopic (exact) mass is 587 g/mol. The molecule has 0 bridgehead atoms. The van der Waals surface area contributed by atoms with Crippen LogP contribution in [0.1, 0.15) is 77.0 Å². The summed E-state index contributed by atoms with van der Waals surface area (Å²) in [6.07, 6.45) is 14.5. The van der Waals surface area contributed by atoms with E-state index in [2.05, 4.69) is 146 Å². The van der Waals surface area contributed by atoms with Gasteiger partial charge in [-0.1, -0.05) is 105 Å². The number of hydrogen-bond donors (Lipinski definition) is 0. The van der Waals surface area contributed by atoms with Gasteiger partial charge in [-0.15, -0.1) is 0 Å². The van der Waals surface area contributed by atoms with Crippen molar-refractivity contribution < 1.29 is 14.1 Å². The molecule has 5 rings (SSSR count). The molecular formula is C40H47N2O2+. The molecular weight excluding hydrogens is 540 g/mol. The Morgan fingerprint density at radius 1 is 0.795 bits per heavy atom. The number of carbonyl (C=O) groups excluding carboxylic acids is 1. The third-order valence-electron chi connectivity index (χ3n) is 9.08. The lowest BCUT2D eigenvalue weighted by Crippen LogP contribution is -2.27. The Morgan fingerprint density at radius 2 is 1.50 bits per heavy atom. The lowest BCUT2D eigenvalue weighted by Gasteiger charge is -2.27. The van der Waals surface area contributed by atoms with E-state index in [0.717, 1.165) is 32.4 Å². The van der Waals surface area contributed by atoms with Gasteiger partial charge in [-0.05, 0) is 51.3 Å². The van der Waals surface area contributed by atoms with Gasteiger partial charge in [-0.3, -0.25) is 4.79 Å². The van der Waals surface area contributed by atoms with Crippen molar-refractivity contribution in [3.63, 3.8) is 0 Å². The first-order chi connectivity index (χ1) is 21.2. The SMILES string of the molecule is CCOC(=O)CCCCCN1/C(=C/C=C/C=C/C2=[N+](Cc3ccccc3)c3ccccc3C2(C)C)C(C)(C)c2ccccc21. The van der Waals surface area contributed by atoms with Crippen molar-refractivity contribution >= 4 is 23.1 Å². The number of hydrogen-bond acceptors (Lipinski definition) is 3. The maximum atomic E-state index is 11.8. The number of rotatable bonds is 12. The van der Waals surface area contributed by atoms with Gasteiger partial charge in [0.25, 0.3) is 0 Å². The van der Waals surface area contributed by atoms with E-state index in [-0.39, 0.29) is 16.8 Å². The molecule has 2 heterocycles. The lowest BCUT2D eigenvalue weighted by molar-refractivity contribution is -0.455. The number of allylic oxidation sites excluding steroid dienone is 6.